The van der Waals surface area contributed by atoms with Crippen molar-refractivity contribution in [1.82, 2.24) is 4.90 Å². The Morgan fingerprint density at radius 3 is 2.41 bits per heavy atom. The van der Waals surface area contributed by atoms with Crippen LogP contribution in [0.3, 0.4) is 0 Å². The highest BCUT2D eigenvalue weighted by Gasteiger charge is 2.25. The summed E-state index contributed by atoms with van der Waals surface area (Å²) in [7, 11) is -0.280. The summed E-state index contributed by atoms with van der Waals surface area (Å²) in [4.78, 5) is 14.9. The number of piperidine rings is 1. The molecule has 29 heavy (non-hydrogen) atoms. The predicted octanol–water partition coefficient (Wildman–Crippen LogP) is 3.44. The number of methoxy groups -OCH3 is 1. The van der Waals surface area contributed by atoms with Crippen LogP contribution in [0.15, 0.2) is 53.4 Å². The van der Waals surface area contributed by atoms with Crippen molar-refractivity contribution >= 4 is 39.7 Å². The predicted molar refractivity (Wildman–Crippen MR) is 118 cm³/mol. The van der Waals surface area contributed by atoms with Crippen molar-refractivity contribution in [3.05, 3.63) is 48.5 Å². The normalized spacial score (nSPS) is 17.1. The average molecular weight is 442 g/mol. The van der Waals surface area contributed by atoms with Gasteiger partial charge in [-0.05, 0) is 62.8 Å². The fraction of sp³-hybridized carbons (Fsp3) is 0.350. The van der Waals surface area contributed by atoms with Gasteiger partial charge in [0.15, 0.2) is 0 Å². The number of nitrogens with zero attached hydrogens (tertiary/aromatic N) is 1. The van der Waals surface area contributed by atoms with E-state index in [4.69, 9.17) is 4.74 Å². The molecule has 9 heteroatoms. The lowest BCUT2D eigenvalue weighted by Crippen LogP contribution is -2.38. The zero-order valence-electron chi connectivity index (χ0n) is 16.4. The number of hydrogen-bond donors (Lipinski definition) is 2. The Morgan fingerprint density at radius 2 is 1.79 bits per heavy atom. The fourth-order valence-corrected chi connectivity index (χ4v) is 4.33. The highest BCUT2D eigenvalue weighted by Crippen LogP contribution is 2.26. The van der Waals surface area contributed by atoms with E-state index in [-0.39, 0.29) is 30.6 Å². The minimum absolute atomic E-state index is 0. The minimum Gasteiger partial charge on any atom is -0.497 e. The van der Waals surface area contributed by atoms with Crippen LogP contribution in [0.1, 0.15) is 14.3 Å². The molecule has 3 rings (SSSR count). The standard InChI is InChI=1S/C20H25N3O4S.ClH.H2/c1-23-13-5-6-15(14-23)20(24)21-18-7-3-4-8-19(18)22-28(25,26)17-11-9-16(27-2)10-12-17;;/h3-4,7-12,15,22H,5-6,13-14H2,1-2H3,(H,21,24);2*1H. The Hall–Kier alpha value is -2.29. The van der Waals surface area contributed by atoms with Gasteiger partial charge in [0.1, 0.15) is 5.75 Å². The van der Waals surface area contributed by atoms with Crippen molar-refractivity contribution in [1.29, 1.82) is 0 Å². The number of carbonyl (C=O) groups is 1. The number of amides is 1. The molecule has 0 saturated carbocycles. The number of anilines is 2. The maximum Gasteiger partial charge on any atom is 0.261 e. The number of benzene rings is 2. The van der Waals surface area contributed by atoms with Crippen LogP contribution in [0.5, 0.6) is 5.75 Å². The first kappa shape index (κ1) is 23.0. The Balaban J connectivity index is 0.00000225. The SMILES string of the molecule is COc1ccc(S(=O)(=O)Nc2ccccc2NC(=O)C2CCCN(C)C2)cc1.Cl.[HH]. The van der Waals surface area contributed by atoms with Gasteiger partial charge in [-0.15, -0.1) is 12.4 Å². The number of hydrogen-bond acceptors (Lipinski definition) is 5. The van der Waals surface area contributed by atoms with E-state index in [1.54, 1.807) is 36.4 Å². The zero-order chi connectivity index (χ0) is 20.1. The van der Waals surface area contributed by atoms with Crippen LogP contribution < -0.4 is 14.8 Å². The molecule has 1 amide bonds. The first-order valence-electron chi connectivity index (χ1n) is 9.14. The van der Waals surface area contributed by atoms with Crippen molar-refractivity contribution in [3.8, 4) is 5.75 Å². The average Bonchev–Trinajstić information content (AvgIpc) is 2.69. The van der Waals surface area contributed by atoms with Crippen molar-refractivity contribution in [2.75, 3.05) is 37.3 Å². The first-order chi connectivity index (χ1) is 13.4. The summed E-state index contributed by atoms with van der Waals surface area (Å²) in [6, 6.07) is 12.9. The second kappa shape index (κ2) is 9.96. The summed E-state index contributed by atoms with van der Waals surface area (Å²) in [6.07, 6.45) is 1.80. The van der Waals surface area contributed by atoms with Crippen LogP contribution in [0, 0.1) is 5.92 Å². The van der Waals surface area contributed by atoms with Gasteiger partial charge in [0.2, 0.25) is 5.91 Å². The summed E-state index contributed by atoms with van der Waals surface area (Å²) in [5.74, 6) is 0.372. The summed E-state index contributed by atoms with van der Waals surface area (Å²) < 4.78 is 33.1. The number of halogens is 1. The number of rotatable bonds is 6. The van der Waals surface area contributed by atoms with E-state index in [1.807, 2.05) is 7.05 Å². The Labute approximate surface area is 179 Å². The number of sulfonamides is 1. The van der Waals surface area contributed by atoms with Gasteiger partial charge < -0.3 is 15.0 Å². The number of ether oxygens (including phenoxy) is 1. The summed E-state index contributed by atoms with van der Waals surface area (Å²) in [5.41, 5.74) is 0.772. The first-order valence-corrected chi connectivity index (χ1v) is 10.6. The van der Waals surface area contributed by atoms with E-state index in [9.17, 15) is 13.2 Å². The molecule has 1 aliphatic rings. The molecule has 1 fully saturated rings. The molecule has 1 saturated heterocycles. The molecular weight excluding hydrogens is 414 g/mol. The highest BCUT2D eigenvalue weighted by atomic mass is 35.5. The third-order valence-corrected chi connectivity index (χ3v) is 6.18. The second-order valence-corrected chi connectivity index (χ2v) is 8.60. The van der Waals surface area contributed by atoms with E-state index in [2.05, 4.69) is 14.9 Å². The van der Waals surface area contributed by atoms with E-state index >= 15 is 0 Å². The van der Waals surface area contributed by atoms with E-state index < -0.39 is 10.0 Å². The largest absolute Gasteiger partial charge is 0.497 e. The van der Waals surface area contributed by atoms with Crippen LogP contribution in [-0.4, -0.2) is 46.5 Å². The maximum atomic E-state index is 12.7. The van der Waals surface area contributed by atoms with Gasteiger partial charge in [-0.2, -0.15) is 0 Å². The minimum atomic E-state index is -3.80. The molecular formula is C20H28ClN3O4S. The van der Waals surface area contributed by atoms with Crippen molar-refractivity contribution in [3.63, 3.8) is 0 Å². The van der Waals surface area contributed by atoms with Crippen LogP contribution in [0.2, 0.25) is 0 Å². The molecule has 1 atom stereocenters. The lowest BCUT2D eigenvalue weighted by atomic mass is 9.97. The molecule has 2 aromatic rings. The smallest absolute Gasteiger partial charge is 0.261 e. The molecule has 0 aromatic heterocycles. The van der Waals surface area contributed by atoms with Gasteiger partial charge in [-0.1, -0.05) is 12.1 Å². The topological polar surface area (TPSA) is 87.7 Å². The van der Waals surface area contributed by atoms with Crippen molar-refractivity contribution in [2.24, 2.45) is 5.92 Å². The Morgan fingerprint density at radius 1 is 1.14 bits per heavy atom. The molecule has 160 valence electrons. The number of carbonyl (C=O) groups excluding carboxylic acids is 1. The summed E-state index contributed by atoms with van der Waals surface area (Å²) in [6.45, 7) is 1.69. The molecule has 7 nitrogen and oxygen atoms in total. The lowest BCUT2D eigenvalue weighted by molar-refractivity contribution is -0.121. The van der Waals surface area contributed by atoms with Gasteiger partial charge in [-0.3, -0.25) is 9.52 Å². The van der Waals surface area contributed by atoms with Crippen LogP contribution >= 0.6 is 12.4 Å². The van der Waals surface area contributed by atoms with Crippen LogP contribution in [0.25, 0.3) is 0 Å². The van der Waals surface area contributed by atoms with Gasteiger partial charge in [0, 0.05) is 7.97 Å². The number of likely N-dealkylation sites (tertiary alicyclic amines) is 1. The van der Waals surface area contributed by atoms with Crippen molar-refractivity contribution in [2.45, 2.75) is 17.7 Å². The van der Waals surface area contributed by atoms with E-state index in [0.29, 0.717) is 23.7 Å². The lowest BCUT2D eigenvalue weighted by Gasteiger charge is -2.29. The highest BCUT2D eigenvalue weighted by molar-refractivity contribution is 7.92. The Kier molecular flexibility index (Phi) is 7.89. The third kappa shape index (κ3) is 5.85. The van der Waals surface area contributed by atoms with Gasteiger partial charge in [0.25, 0.3) is 10.0 Å². The van der Waals surface area contributed by atoms with Crippen LogP contribution in [0.4, 0.5) is 11.4 Å². The molecule has 0 radical (unpaired) electrons. The van der Waals surface area contributed by atoms with Crippen LogP contribution in [-0.2, 0) is 14.8 Å². The van der Waals surface area contributed by atoms with Gasteiger partial charge in [-0.25, -0.2) is 8.42 Å². The molecule has 1 heterocycles. The fourth-order valence-electron chi connectivity index (χ4n) is 3.25. The number of para-hydroxylation sites is 2. The van der Waals surface area contributed by atoms with E-state index in [1.165, 1.54) is 19.2 Å². The molecule has 2 N–H and O–H groups in total. The maximum absolute atomic E-state index is 12.7. The summed E-state index contributed by atoms with van der Waals surface area (Å²) in [5, 5.41) is 2.88. The van der Waals surface area contributed by atoms with Crippen molar-refractivity contribution < 1.29 is 19.4 Å². The Bertz CT molecular complexity index is 941. The monoisotopic (exact) mass is 441 g/mol. The molecule has 0 aliphatic carbocycles. The second-order valence-electron chi connectivity index (χ2n) is 6.92. The summed E-state index contributed by atoms with van der Waals surface area (Å²) >= 11 is 0. The molecule has 1 aliphatic heterocycles. The van der Waals surface area contributed by atoms with Gasteiger partial charge in [0.05, 0.1) is 29.3 Å². The van der Waals surface area contributed by atoms with E-state index in [0.717, 1.165) is 19.4 Å². The molecule has 1 unspecified atom stereocenters. The third-order valence-electron chi connectivity index (χ3n) is 4.79. The quantitative estimate of drug-likeness (QED) is 0.716. The zero-order valence-corrected chi connectivity index (χ0v) is 18.1. The van der Waals surface area contributed by atoms with Gasteiger partial charge >= 0.3 is 0 Å². The molecule has 0 bridgehead atoms. The molecule has 2 aromatic carbocycles. The molecule has 0 spiro atoms. The number of nitrogens with one attached hydrogen (secondary N) is 2.